The smallest absolute Gasteiger partial charge is 0.127 e. The Kier molecular flexibility index (Phi) is 8.86. The Morgan fingerprint density at radius 2 is 0.836 bits per heavy atom. The van der Waals surface area contributed by atoms with Crippen molar-refractivity contribution in [2.45, 2.75) is 52.4 Å². The second kappa shape index (κ2) is 14.2. The van der Waals surface area contributed by atoms with Gasteiger partial charge in [-0.05, 0) is 110 Å². The fourth-order valence-electron chi connectivity index (χ4n) is 9.05. The monoisotopic (exact) mass is 791 g/mol. The van der Waals surface area contributed by atoms with Crippen LogP contribution in [0.2, 0.25) is 0 Å². The van der Waals surface area contributed by atoms with Crippen LogP contribution in [0, 0.1) is 17.1 Å². The second-order valence-corrected chi connectivity index (χ2v) is 18.3. The van der Waals surface area contributed by atoms with Gasteiger partial charge < -0.3 is 9.13 Å². The van der Waals surface area contributed by atoms with Crippen LogP contribution >= 0.6 is 0 Å². The maximum absolute atomic E-state index is 17.1. The molecule has 0 aliphatic rings. The van der Waals surface area contributed by atoms with Crippen LogP contribution < -0.4 is 0 Å². The molecule has 3 nitrogen and oxygen atoms in total. The minimum atomic E-state index is -0.344. The number of nitrogens with zero attached hydrogens (tertiary/aromatic N) is 3. The highest BCUT2D eigenvalue weighted by Gasteiger charge is 2.26. The molecule has 4 heteroatoms. The SMILES string of the molecule is CC(C)(C)c1ccc2c(c1)c1ccc(-c3ccccc3)cc1n2-c1cc(F)cc(-n2c3ccc(C(C)(C)C)cc3c3ccc(-c4ccccc4)cc32)c1-c1ccc(C#N)cc1. The van der Waals surface area contributed by atoms with E-state index in [0.29, 0.717) is 16.9 Å². The number of nitriles is 1. The van der Waals surface area contributed by atoms with Gasteiger partial charge in [-0.1, -0.05) is 151 Å². The summed E-state index contributed by atoms with van der Waals surface area (Å²) < 4.78 is 21.6. The molecule has 10 rings (SSSR count). The first-order valence-electron chi connectivity index (χ1n) is 21.0. The predicted molar refractivity (Wildman–Crippen MR) is 254 cm³/mol. The lowest BCUT2D eigenvalue weighted by Gasteiger charge is -2.22. The van der Waals surface area contributed by atoms with Crippen LogP contribution in [0.25, 0.3) is 88.4 Å². The summed E-state index contributed by atoms with van der Waals surface area (Å²) in [5.41, 5.74) is 14.4. The quantitative estimate of drug-likeness (QED) is 0.171. The van der Waals surface area contributed by atoms with Crippen molar-refractivity contribution < 1.29 is 4.39 Å². The Labute approximate surface area is 356 Å². The van der Waals surface area contributed by atoms with Crippen molar-refractivity contribution in [1.29, 1.82) is 5.26 Å². The van der Waals surface area contributed by atoms with Crippen LogP contribution in [-0.2, 0) is 10.8 Å². The third-order valence-electron chi connectivity index (χ3n) is 12.3. The molecule has 0 spiro atoms. The summed E-state index contributed by atoms with van der Waals surface area (Å²) >= 11 is 0. The normalized spacial score (nSPS) is 12.2. The summed E-state index contributed by atoms with van der Waals surface area (Å²) in [4.78, 5) is 0. The molecule has 0 saturated heterocycles. The molecule has 0 unspecified atom stereocenters. The van der Waals surface area contributed by atoms with Gasteiger partial charge in [0.2, 0.25) is 0 Å². The molecular weight excluding hydrogens is 746 g/mol. The molecule has 2 aromatic heterocycles. The van der Waals surface area contributed by atoms with Crippen molar-refractivity contribution in [2.24, 2.45) is 0 Å². The maximum atomic E-state index is 17.1. The molecule has 10 aromatic rings. The van der Waals surface area contributed by atoms with Gasteiger partial charge in [0.15, 0.2) is 0 Å². The molecule has 0 bridgehead atoms. The molecule has 0 radical (unpaired) electrons. The molecule has 0 N–H and O–H groups in total. The van der Waals surface area contributed by atoms with Gasteiger partial charge in [-0.3, -0.25) is 0 Å². The summed E-state index contributed by atoms with van der Waals surface area (Å²) in [6.07, 6.45) is 0. The highest BCUT2D eigenvalue weighted by atomic mass is 19.1. The Morgan fingerprint density at radius 1 is 0.410 bits per heavy atom. The van der Waals surface area contributed by atoms with Gasteiger partial charge in [0.25, 0.3) is 0 Å². The van der Waals surface area contributed by atoms with E-state index in [0.717, 1.165) is 77.0 Å². The minimum Gasteiger partial charge on any atom is -0.308 e. The second-order valence-electron chi connectivity index (χ2n) is 18.3. The van der Waals surface area contributed by atoms with Crippen LogP contribution in [0.5, 0.6) is 0 Å². The van der Waals surface area contributed by atoms with Crippen LogP contribution in [0.3, 0.4) is 0 Å². The number of rotatable bonds is 5. The van der Waals surface area contributed by atoms with Crippen molar-refractivity contribution in [2.75, 3.05) is 0 Å². The number of halogens is 1. The zero-order valence-electron chi connectivity index (χ0n) is 35.4. The molecule has 0 amide bonds. The van der Waals surface area contributed by atoms with E-state index in [9.17, 15) is 5.26 Å². The molecule has 61 heavy (non-hydrogen) atoms. The lowest BCUT2D eigenvalue weighted by atomic mass is 9.86. The molecule has 2 heterocycles. The zero-order chi connectivity index (χ0) is 42.2. The largest absolute Gasteiger partial charge is 0.308 e. The Hall–Kier alpha value is -7.22. The van der Waals surface area contributed by atoms with Crippen LogP contribution in [0.1, 0.15) is 58.2 Å². The molecule has 0 aliphatic heterocycles. The molecule has 0 aliphatic carbocycles. The minimum absolute atomic E-state index is 0.0751. The number of fused-ring (bicyclic) bond motifs is 6. The van der Waals surface area contributed by atoms with E-state index in [4.69, 9.17) is 0 Å². The highest BCUT2D eigenvalue weighted by molar-refractivity contribution is 6.13. The van der Waals surface area contributed by atoms with Gasteiger partial charge in [0.05, 0.1) is 45.1 Å². The third kappa shape index (κ3) is 6.49. The summed E-state index contributed by atoms with van der Waals surface area (Å²) in [5.74, 6) is -0.344. The van der Waals surface area contributed by atoms with Gasteiger partial charge in [-0.2, -0.15) is 5.26 Å². The maximum Gasteiger partial charge on any atom is 0.127 e. The van der Waals surface area contributed by atoms with E-state index in [1.165, 1.54) is 11.1 Å². The Morgan fingerprint density at radius 3 is 1.25 bits per heavy atom. The van der Waals surface area contributed by atoms with Crippen molar-refractivity contribution in [1.82, 2.24) is 9.13 Å². The van der Waals surface area contributed by atoms with Crippen molar-refractivity contribution in [3.8, 4) is 50.8 Å². The van der Waals surface area contributed by atoms with Crippen LogP contribution in [0.15, 0.2) is 170 Å². The van der Waals surface area contributed by atoms with Crippen molar-refractivity contribution in [3.63, 3.8) is 0 Å². The summed E-state index contributed by atoms with van der Waals surface area (Å²) in [5, 5.41) is 14.3. The molecule has 296 valence electrons. The third-order valence-corrected chi connectivity index (χ3v) is 12.3. The lowest BCUT2D eigenvalue weighted by molar-refractivity contribution is 0.591. The van der Waals surface area contributed by atoms with E-state index < -0.39 is 0 Å². The van der Waals surface area contributed by atoms with E-state index in [1.807, 2.05) is 36.4 Å². The lowest BCUT2D eigenvalue weighted by Crippen LogP contribution is -2.10. The topological polar surface area (TPSA) is 33.6 Å². The first kappa shape index (κ1) is 38.0. The molecular formula is C57H46FN3. The predicted octanol–water partition coefficient (Wildman–Crippen LogP) is 15.5. The fraction of sp³-hybridized carbons (Fsp3) is 0.140. The Balaban J connectivity index is 1.37. The molecule has 0 fully saturated rings. The first-order valence-corrected chi connectivity index (χ1v) is 21.0. The van der Waals surface area contributed by atoms with Crippen LogP contribution in [0.4, 0.5) is 4.39 Å². The zero-order valence-corrected chi connectivity index (χ0v) is 35.4. The molecule has 0 saturated carbocycles. The summed E-state index contributed by atoms with van der Waals surface area (Å²) in [6.45, 7) is 13.4. The average Bonchev–Trinajstić information content (AvgIpc) is 3.77. The summed E-state index contributed by atoms with van der Waals surface area (Å²) in [6, 6.07) is 61.0. The van der Waals surface area contributed by atoms with Gasteiger partial charge in [0.1, 0.15) is 5.82 Å². The van der Waals surface area contributed by atoms with E-state index in [-0.39, 0.29) is 16.6 Å². The highest BCUT2D eigenvalue weighted by Crippen LogP contribution is 2.45. The average molecular weight is 792 g/mol. The molecule has 8 aromatic carbocycles. The number of benzene rings is 8. The van der Waals surface area contributed by atoms with E-state index >= 15 is 4.39 Å². The standard InChI is InChI=1S/C57H46FN3/c1-56(2,3)42-23-27-49-47(31-42)45-25-21-40(37-13-9-7-10-14-37)29-51(45)60(49)53-33-44(58)34-54(55(53)39-19-17-36(35-59)18-20-39)61-50-28-24-43(57(4,5)6)32-48(50)46-26-22-41(30-52(46)61)38-15-11-8-12-16-38/h7-34H,1-6H3. The van der Waals surface area contributed by atoms with E-state index in [1.54, 1.807) is 12.1 Å². The van der Waals surface area contributed by atoms with Gasteiger partial charge in [-0.25, -0.2) is 4.39 Å². The van der Waals surface area contributed by atoms with E-state index in [2.05, 4.69) is 178 Å². The van der Waals surface area contributed by atoms with Crippen LogP contribution in [-0.4, -0.2) is 9.13 Å². The Bertz CT molecular complexity index is 3170. The van der Waals surface area contributed by atoms with Crippen molar-refractivity contribution >= 4 is 43.6 Å². The van der Waals surface area contributed by atoms with Gasteiger partial charge >= 0.3 is 0 Å². The molecule has 0 atom stereocenters. The fourth-order valence-corrected chi connectivity index (χ4v) is 9.05. The number of hydrogen-bond acceptors (Lipinski definition) is 1. The van der Waals surface area contributed by atoms with Gasteiger partial charge in [0, 0.05) is 27.1 Å². The summed E-state index contributed by atoms with van der Waals surface area (Å²) in [7, 11) is 0. The number of hydrogen-bond donors (Lipinski definition) is 0. The number of aromatic nitrogens is 2. The first-order chi connectivity index (χ1) is 29.4. The van der Waals surface area contributed by atoms with Crippen molar-refractivity contribution in [3.05, 3.63) is 192 Å². The van der Waals surface area contributed by atoms with Gasteiger partial charge in [-0.15, -0.1) is 0 Å².